The number of hydrogen-bond acceptors (Lipinski definition) is 11. The molecule has 14 heteroatoms. The van der Waals surface area contributed by atoms with Crippen molar-refractivity contribution < 1.29 is 33.2 Å². The molecular weight excluding hydrogens is 779 g/mol. The van der Waals surface area contributed by atoms with Crippen molar-refractivity contribution in [1.29, 1.82) is 0 Å². The van der Waals surface area contributed by atoms with Crippen molar-refractivity contribution in [2.24, 2.45) is 0 Å². The zero-order valence-electron chi connectivity index (χ0n) is 32.8. The Balaban J connectivity index is 0.00000280. The fraction of sp³-hybridized carbons (Fsp3) is 0.333. The molecule has 3 aromatic carbocycles. The molecule has 56 heavy (non-hydrogen) atoms. The van der Waals surface area contributed by atoms with Gasteiger partial charge in [-0.2, -0.15) is 0 Å². The van der Waals surface area contributed by atoms with E-state index in [4.69, 9.17) is 38.1 Å². The van der Waals surface area contributed by atoms with Crippen LogP contribution in [0.2, 0.25) is 0 Å². The van der Waals surface area contributed by atoms with Gasteiger partial charge in [0, 0.05) is 61.4 Å². The molecular formula is C42H51Cl3N4O7. The van der Waals surface area contributed by atoms with Crippen LogP contribution in [-0.2, 0) is 13.1 Å². The molecule has 3 heterocycles. The summed E-state index contributed by atoms with van der Waals surface area (Å²) in [6.07, 6.45) is 5.68. The molecule has 302 valence electrons. The van der Waals surface area contributed by atoms with E-state index in [0.717, 1.165) is 72.0 Å². The first-order valence-corrected chi connectivity index (χ1v) is 17.6. The third-order valence-electron chi connectivity index (χ3n) is 9.76. The Bertz CT molecular complexity index is 1950. The number of piperidine rings is 1. The smallest absolute Gasteiger partial charge is 0.203 e. The number of nitrogens with zero attached hydrogens (tertiary/aromatic N) is 4. The Hall–Kier alpha value is -4.81. The molecule has 0 unspecified atom stereocenters. The molecule has 1 aliphatic rings. The normalized spacial score (nSPS) is 12.6. The molecule has 0 bridgehead atoms. The van der Waals surface area contributed by atoms with E-state index in [1.165, 1.54) is 5.56 Å². The standard InChI is InChI=1S/C42H48N4O7.3ClH/c1-47-34-12-10-32(11-13-34)46(27-29-9-8-17-44-40(29)31-24-38(50-4)42(53-7)39(25-31)51-5)33-15-19-45(20-16-33)26-28-14-18-43-35(21-28)30-22-36(48-2)41(52-6)37(23-30)49-3;;;/h8-14,17-18,21-25,33H,15-16,19-20,26-27H2,1-7H3;3*1H. The van der Waals surface area contributed by atoms with E-state index in [0.29, 0.717) is 47.1 Å². The molecule has 5 aromatic rings. The predicted octanol–water partition coefficient (Wildman–Crippen LogP) is 8.81. The molecule has 0 saturated carbocycles. The van der Waals surface area contributed by atoms with Crippen molar-refractivity contribution in [2.45, 2.75) is 32.0 Å². The van der Waals surface area contributed by atoms with Gasteiger partial charge in [-0.1, -0.05) is 6.07 Å². The van der Waals surface area contributed by atoms with Crippen LogP contribution >= 0.6 is 37.2 Å². The molecule has 0 amide bonds. The lowest BCUT2D eigenvalue weighted by atomic mass is 9.98. The fourth-order valence-corrected chi connectivity index (χ4v) is 7.04. The van der Waals surface area contributed by atoms with Crippen LogP contribution in [0.5, 0.6) is 40.2 Å². The summed E-state index contributed by atoms with van der Waals surface area (Å²) < 4.78 is 39.1. The number of rotatable bonds is 15. The van der Waals surface area contributed by atoms with Gasteiger partial charge in [-0.3, -0.25) is 14.9 Å². The lowest BCUT2D eigenvalue weighted by Crippen LogP contribution is -2.44. The van der Waals surface area contributed by atoms with E-state index < -0.39 is 0 Å². The van der Waals surface area contributed by atoms with E-state index in [1.54, 1.807) is 49.8 Å². The van der Waals surface area contributed by atoms with Crippen LogP contribution in [0.4, 0.5) is 5.69 Å². The molecule has 0 atom stereocenters. The number of aromatic nitrogens is 2. The predicted molar refractivity (Wildman–Crippen MR) is 228 cm³/mol. The Morgan fingerprint density at radius 2 is 1.16 bits per heavy atom. The van der Waals surface area contributed by atoms with Crippen molar-refractivity contribution in [3.05, 3.63) is 96.3 Å². The van der Waals surface area contributed by atoms with Gasteiger partial charge in [-0.15, -0.1) is 37.2 Å². The fourth-order valence-electron chi connectivity index (χ4n) is 7.04. The molecule has 2 aromatic heterocycles. The third kappa shape index (κ3) is 10.1. The summed E-state index contributed by atoms with van der Waals surface area (Å²) >= 11 is 0. The monoisotopic (exact) mass is 828 g/mol. The van der Waals surface area contributed by atoms with Crippen LogP contribution < -0.4 is 38.1 Å². The highest BCUT2D eigenvalue weighted by molar-refractivity contribution is 5.86. The third-order valence-corrected chi connectivity index (χ3v) is 9.76. The molecule has 1 fully saturated rings. The Kier molecular flexibility index (Phi) is 17.5. The lowest BCUT2D eigenvalue weighted by Gasteiger charge is -2.40. The van der Waals surface area contributed by atoms with Gasteiger partial charge in [0.25, 0.3) is 0 Å². The van der Waals surface area contributed by atoms with Gasteiger partial charge >= 0.3 is 0 Å². The number of ether oxygens (including phenoxy) is 7. The second-order valence-corrected chi connectivity index (χ2v) is 12.7. The second kappa shape index (κ2) is 21.5. The maximum Gasteiger partial charge on any atom is 0.203 e. The highest BCUT2D eigenvalue weighted by Crippen LogP contribution is 2.43. The zero-order valence-corrected chi connectivity index (χ0v) is 35.2. The van der Waals surface area contributed by atoms with Gasteiger partial charge in [0.05, 0.1) is 61.2 Å². The Morgan fingerprint density at radius 1 is 0.607 bits per heavy atom. The van der Waals surface area contributed by atoms with Crippen molar-refractivity contribution in [1.82, 2.24) is 14.9 Å². The van der Waals surface area contributed by atoms with Crippen molar-refractivity contribution in [3.8, 4) is 62.8 Å². The van der Waals surface area contributed by atoms with E-state index in [9.17, 15) is 0 Å². The number of likely N-dealkylation sites (tertiary alicyclic amines) is 1. The van der Waals surface area contributed by atoms with Crippen molar-refractivity contribution in [3.63, 3.8) is 0 Å². The van der Waals surface area contributed by atoms with Gasteiger partial charge in [-0.05, 0) is 90.7 Å². The topological polar surface area (TPSA) is 96.9 Å². The van der Waals surface area contributed by atoms with Crippen LogP contribution in [-0.4, -0.2) is 83.8 Å². The van der Waals surface area contributed by atoms with Gasteiger partial charge in [0.15, 0.2) is 23.0 Å². The number of anilines is 1. The highest BCUT2D eigenvalue weighted by Gasteiger charge is 2.27. The minimum absolute atomic E-state index is 0. The van der Waals surface area contributed by atoms with Crippen molar-refractivity contribution in [2.75, 3.05) is 67.8 Å². The number of methoxy groups -OCH3 is 7. The van der Waals surface area contributed by atoms with Gasteiger partial charge < -0.3 is 38.1 Å². The van der Waals surface area contributed by atoms with Crippen LogP contribution in [0.3, 0.4) is 0 Å². The SMILES string of the molecule is COc1ccc(N(Cc2cccnc2-c2cc(OC)c(OC)c(OC)c2)C2CCN(Cc3ccnc(-c4cc(OC)c(OC)c(OC)c4)c3)CC2)cc1.Cl.Cl.Cl. The number of halogens is 3. The largest absolute Gasteiger partial charge is 0.497 e. The molecule has 0 spiro atoms. The van der Waals surface area contributed by atoms with E-state index in [2.05, 4.69) is 45.1 Å². The van der Waals surface area contributed by atoms with E-state index in [-0.39, 0.29) is 37.2 Å². The maximum absolute atomic E-state index is 5.68. The minimum atomic E-state index is 0. The van der Waals surface area contributed by atoms with Crippen molar-refractivity contribution >= 4 is 42.9 Å². The van der Waals surface area contributed by atoms with Gasteiger partial charge in [-0.25, -0.2) is 0 Å². The maximum atomic E-state index is 5.68. The Morgan fingerprint density at radius 3 is 1.68 bits per heavy atom. The first-order valence-electron chi connectivity index (χ1n) is 17.6. The average molecular weight is 830 g/mol. The molecule has 0 N–H and O–H groups in total. The Labute approximate surface area is 348 Å². The summed E-state index contributed by atoms with van der Waals surface area (Å²) in [6.45, 7) is 3.39. The second-order valence-electron chi connectivity index (χ2n) is 12.7. The summed E-state index contributed by atoms with van der Waals surface area (Å²) in [7, 11) is 11.4. The summed E-state index contributed by atoms with van der Waals surface area (Å²) in [5, 5.41) is 0. The van der Waals surface area contributed by atoms with Crippen LogP contribution in [0.15, 0.2) is 85.2 Å². The van der Waals surface area contributed by atoms with Gasteiger partial charge in [0.1, 0.15) is 5.75 Å². The number of pyridine rings is 2. The summed E-state index contributed by atoms with van der Waals surface area (Å²) in [5.41, 5.74) is 6.92. The lowest BCUT2D eigenvalue weighted by molar-refractivity contribution is 0.201. The average Bonchev–Trinajstić information content (AvgIpc) is 3.22. The molecule has 1 aliphatic heterocycles. The van der Waals surface area contributed by atoms with Crippen LogP contribution in [0, 0.1) is 0 Å². The van der Waals surface area contributed by atoms with Crippen LogP contribution in [0.25, 0.3) is 22.5 Å². The quantitative estimate of drug-likeness (QED) is 0.101. The van der Waals surface area contributed by atoms with E-state index in [1.807, 2.05) is 54.9 Å². The number of benzene rings is 3. The summed E-state index contributed by atoms with van der Waals surface area (Å²) in [6, 6.07) is 24.8. The highest BCUT2D eigenvalue weighted by atomic mass is 35.5. The molecule has 11 nitrogen and oxygen atoms in total. The van der Waals surface area contributed by atoms with E-state index >= 15 is 0 Å². The summed E-state index contributed by atoms with van der Waals surface area (Å²) in [5.74, 6) is 4.30. The first kappa shape index (κ1) is 45.6. The molecule has 6 rings (SSSR count). The van der Waals surface area contributed by atoms with Gasteiger partial charge in [0.2, 0.25) is 11.5 Å². The molecule has 1 saturated heterocycles. The number of hydrogen-bond donors (Lipinski definition) is 0. The minimum Gasteiger partial charge on any atom is -0.497 e. The summed E-state index contributed by atoms with van der Waals surface area (Å²) in [4.78, 5) is 14.6. The molecule has 0 aliphatic carbocycles. The molecule has 0 radical (unpaired) electrons. The van der Waals surface area contributed by atoms with Crippen LogP contribution in [0.1, 0.15) is 24.0 Å². The zero-order chi connectivity index (χ0) is 37.3. The first-order chi connectivity index (χ1) is 25.9.